The molecule has 2 rings (SSSR count). The average Bonchev–Trinajstić information content (AvgIpc) is 2.28. The van der Waals surface area contributed by atoms with E-state index in [9.17, 15) is 8.78 Å². The van der Waals surface area contributed by atoms with E-state index in [1.54, 1.807) is 0 Å². The van der Waals surface area contributed by atoms with Gasteiger partial charge in [-0.05, 0) is 49.9 Å². The topological polar surface area (TPSA) is 12.0 Å². The fourth-order valence-electron chi connectivity index (χ4n) is 2.80. The molecule has 1 aliphatic rings. The third kappa shape index (κ3) is 3.50. The van der Waals surface area contributed by atoms with Crippen LogP contribution in [0.1, 0.15) is 31.2 Å². The first-order valence-electron chi connectivity index (χ1n) is 6.29. The Kier molecular flexibility index (Phi) is 4.11. The van der Waals surface area contributed by atoms with Gasteiger partial charge in [0.25, 0.3) is 0 Å². The Bertz CT molecular complexity index is 358. The van der Waals surface area contributed by atoms with Crippen molar-refractivity contribution in [3.8, 4) is 0 Å². The molecule has 0 saturated heterocycles. The summed E-state index contributed by atoms with van der Waals surface area (Å²) in [6.45, 7) is 0. The molecule has 0 bridgehead atoms. The van der Waals surface area contributed by atoms with Gasteiger partial charge in [0, 0.05) is 12.1 Å². The molecule has 17 heavy (non-hydrogen) atoms. The van der Waals surface area contributed by atoms with Gasteiger partial charge >= 0.3 is 0 Å². The lowest BCUT2D eigenvalue weighted by atomic mass is 9.82. The van der Waals surface area contributed by atoms with Gasteiger partial charge < -0.3 is 5.32 Å². The summed E-state index contributed by atoms with van der Waals surface area (Å²) in [5.74, 6) is -0.399. The summed E-state index contributed by atoms with van der Waals surface area (Å²) in [5.41, 5.74) is 0.782. The Morgan fingerprint density at radius 3 is 2.53 bits per heavy atom. The Morgan fingerprint density at radius 1 is 1.18 bits per heavy atom. The monoisotopic (exact) mass is 239 g/mol. The van der Waals surface area contributed by atoms with Crippen LogP contribution in [0.4, 0.5) is 8.78 Å². The summed E-state index contributed by atoms with van der Waals surface area (Å²) in [7, 11) is 1.98. The smallest absolute Gasteiger partial charge is 0.126 e. The van der Waals surface area contributed by atoms with Gasteiger partial charge in [-0.15, -0.1) is 0 Å². The zero-order valence-corrected chi connectivity index (χ0v) is 10.2. The first-order chi connectivity index (χ1) is 8.17. The first-order valence-corrected chi connectivity index (χ1v) is 6.29. The zero-order valence-electron chi connectivity index (χ0n) is 10.2. The Morgan fingerprint density at radius 2 is 1.88 bits per heavy atom. The molecule has 0 radical (unpaired) electrons. The van der Waals surface area contributed by atoms with E-state index < -0.39 is 11.6 Å². The Hall–Kier alpha value is -0.960. The van der Waals surface area contributed by atoms with E-state index >= 15 is 0 Å². The number of rotatable bonds is 3. The molecule has 0 aliphatic heterocycles. The van der Waals surface area contributed by atoms with Crippen LogP contribution < -0.4 is 5.32 Å². The van der Waals surface area contributed by atoms with Crippen LogP contribution >= 0.6 is 0 Å². The summed E-state index contributed by atoms with van der Waals surface area (Å²) < 4.78 is 26.1. The predicted molar refractivity (Wildman–Crippen MR) is 64.9 cm³/mol. The van der Waals surface area contributed by atoms with Gasteiger partial charge in [0.1, 0.15) is 11.6 Å². The molecule has 1 fully saturated rings. The molecule has 0 spiro atoms. The predicted octanol–water partition coefficient (Wildman–Crippen LogP) is 3.29. The van der Waals surface area contributed by atoms with Crippen molar-refractivity contribution in [1.29, 1.82) is 0 Å². The van der Waals surface area contributed by atoms with Crippen molar-refractivity contribution in [2.45, 2.75) is 38.1 Å². The number of halogens is 2. The van der Waals surface area contributed by atoms with E-state index in [1.807, 2.05) is 7.05 Å². The fraction of sp³-hybridized carbons (Fsp3) is 0.571. The van der Waals surface area contributed by atoms with Crippen molar-refractivity contribution >= 4 is 0 Å². The van der Waals surface area contributed by atoms with Crippen molar-refractivity contribution in [2.24, 2.45) is 5.92 Å². The molecule has 2 unspecified atom stereocenters. The molecule has 1 aromatic carbocycles. The molecule has 1 saturated carbocycles. The SMILES string of the molecule is CNC1CCCC(Cc2cc(F)cc(F)c2)C1. The van der Waals surface area contributed by atoms with Crippen LogP contribution in [-0.2, 0) is 6.42 Å². The second-order valence-electron chi connectivity index (χ2n) is 5.00. The summed E-state index contributed by atoms with van der Waals surface area (Å²) in [4.78, 5) is 0. The van der Waals surface area contributed by atoms with E-state index in [4.69, 9.17) is 0 Å². The van der Waals surface area contributed by atoms with Crippen LogP contribution in [0.2, 0.25) is 0 Å². The number of hydrogen-bond acceptors (Lipinski definition) is 1. The van der Waals surface area contributed by atoms with Crippen LogP contribution in [0.3, 0.4) is 0 Å². The van der Waals surface area contributed by atoms with E-state index in [2.05, 4.69) is 5.32 Å². The number of benzene rings is 1. The largest absolute Gasteiger partial charge is 0.317 e. The minimum Gasteiger partial charge on any atom is -0.317 e. The van der Waals surface area contributed by atoms with Crippen molar-refractivity contribution < 1.29 is 8.78 Å². The molecule has 0 amide bonds. The third-order valence-corrected chi connectivity index (χ3v) is 3.64. The minimum absolute atomic E-state index is 0.471. The molecule has 2 atom stereocenters. The Labute approximate surface area is 101 Å². The van der Waals surface area contributed by atoms with Gasteiger partial charge in [0.05, 0.1) is 0 Å². The molecule has 1 N–H and O–H groups in total. The van der Waals surface area contributed by atoms with E-state index in [1.165, 1.54) is 25.0 Å². The van der Waals surface area contributed by atoms with Crippen molar-refractivity contribution in [3.05, 3.63) is 35.4 Å². The fourth-order valence-corrected chi connectivity index (χ4v) is 2.80. The first kappa shape index (κ1) is 12.5. The molecule has 1 nitrogen and oxygen atoms in total. The van der Waals surface area contributed by atoms with Crippen LogP contribution in [0.25, 0.3) is 0 Å². The summed E-state index contributed by atoms with van der Waals surface area (Å²) in [5, 5.41) is 3.29. The minimum atomic E-state index is -0.471. The highest BCUT2D eigenvalue weighted by molar-refractivity contribution is 5.18. The molecule has 3 heteroatoms. The van der Waals surface area contributed by atoms with E-state index in [-0.39, 0.29) is 0 Å². The molecule has 0 aromatic heterocycles. The van der Waals surface area contributed by atoms with Crippen molar-refractivity contribution in [2.75, 3.05) is 7.05 Å². The highest BCUT2D eigenvalue weighted by atomic mass is 19.1. The maximum Gasteiger partial charge on any atom is 0.126 e. The van der Waals surface area contributed by atoms with Crippen molar-refractivity contribution in [3.63, 3.8) is 0 Å². The maximum absolute atomic E-state index is 13.1. The second kappa shape index (κ2) is 5.58. The zero-order chi connectivity index (χ0) is 12.3. The Balaban J connectivity index is 2.00. The number of nitrogens with one attached hydrogen (secondary N) is 1. The summed E-state index contributed by atoms with van der Waals surface area (Å²) >= 11 is 0. The van der Waals surface area contributed by atoms with E-state index in [0.29, 0.717) is 12.0 Å². The molecule has 94 valence electrons. The van der Waals surface area contributed by atoms with Crippen LogP contribution in [0, 0.1) is 17.6 Å². The highest BCUT2D eigenvalue weighted by Gasteiger charge is 2.21. The van der Waals surface area contributed by atoms with Gasteiger partial charge in [-0.2, -0.15) is 0 Å². The lowest BCUT2D eigenvalue weighted by Crippen LogP contribution is -2.31. The van der Waals surface area contributed by atoms with Crippen molar-refractivity contribution in [1.82, 2.24) is 5.32 Å². The molecular weight excluding hydrogens is 220 g/mol. The van der Waals surface area contributed by atoms with Gasteiger partial charge in [-0.1, -0.05) is 12.8 Å². The standard InChI is InChI=1S/C14H19F2N/c1-17-14-4-2-3-10(8-14)5-11-6-12(15)9-13(16)7-11/h6-7,9-10,14,17H,2-5,8H2,1H3. The molecular formula is C14H19F2N. The molecule has 1 aliphatic carbocycles. The molecule has 1 aromatic rings. The van der Waals surface area contributed by atoms with Crippen LogP contribution in [0.15, 0.2) is 18.2 Å². The lowest BCUT2D eigenvalue weighted by Gasteiger charge is -2.29. The summed E-state index contributed by atoms with van der Waals surface area (Å²) in [6, 6.07) is 4.39. The number of hydrogen-bond donors (Lipinski definition) is 1. The van der Waals surface area contributed by atoms with Gasteiger partial charge in [0.15, 0.2) is 0 Å². The third-order valence-electron chi connectivity index (χ3n) is 3.64. The van der Waals surface area contributed by atoms with E-state index in [0.717, 1.165) is 30.9 Å². The lowest BCUT2D eigenvalue weighted by molar-refractivity contribution is 0.294. The molecule has 0 heterocycles. The second-order valence-corrected chi connectivity index (χ2v) is 5.00. The van der Waals surface area contributed by atoms with Gasteiger partial charge in [-0.25, -0.2) is 8.78 Å². The van der Waals surface area contributed by atoms with Gasteiger partial charge in [-0.3, -0.25) is 0 Å². The average molecular weight is 239 g/mol. The quantitative estimate of drug-likeness (QED) is 0.853. The van der Waals surface area contributed by atoms with Crippen LogP contribution in [-0.4, -0.2) is 13.1 Å². The van der Waals surface area contributed by atoms with Crippen LogP contribution in [0.5, 0.6) is 0 Å². The normalized spacial score (nSPS) is 24.9. The summed E-state index contributed by atoms with van der Waals surface area (Å²) in [6.07, 6.45) is 5.47. The maximum atomic E-state index is 13.1. The highest BCUT2D eigenvalue weighted by Crippen LogP contribution is 2.27. The van der Waals surface area contributed by atoms with Gasteiger partial charge in [0.2, 0.25) is 0 Å².